The Morgan fingerprint density at radius 2 is 1.91 bits per heavy atom. The number of piperidine rings is 1. The first-order valence-corrected chi connectivity index (χ1v) is 11.8. The monoisotopic (exact) mass is 448 g/mol. The number of aryl methyl sites for hydroxylation is 2. The van der Waals surface area contributed by atoms with Gasteiger partial charge in [-0.1, -0.05) is 30.3 Å². The van der Waals surface area contributed by atoms with Gasteiger partial charge in [-0.15, -0.1) is 0 Å². The second kappa shape index (κ2) is 9.87. The van der Waals surface area contributed by atoms with Crippen LogP contribution in [0.1, 0.15) is 52.7 Å². The first kappa shape index (κ1) is 23.2. The number of hydrogen-bond acceptors (Lipinski definition) is 5. The van der Waals surface area contributed by atoms with Gasteiger partial charge in [0.1, 0.15) is 5.92 Å². The third-order valence-electron chi connectivity index (χ3n) is 7.06. The van der Waals surface area contributed by atoms with Crippen molar-refractivity contribution in [2.75, 3.05) is 31.6 Å². The molecule has 2 aliphatic heterocycles. The molecule has 2 aliphatic rings. The first-order chi connectivity index (χ1) is 15.9. The standard InChI is InChI=1S/C27H32N2O4/c1-4-33-27(32)23-16-29(13-11-20(23)19-10-9-17(2)18(3)15-19)14-12-22-25(30)21-7-5-6-8-24(21)28-26(22)31/h5-10,15,20,22-23H,4,11-14,16H2,1-3H3,(H,28,31)/t20-,22?,23-/m0/s1. The number of likely N-dealkylation sites (tertiary alicyclic amines) is 1. The summed E-state index contributed by atoms with van der Waals surface area (Å²) in [5.41, 5.74) is 4.79. The summed E-state index contributed by atoms with van der Waals surface area (Å²) in [6, 6.07) is 13.6. The van der Waals surface area contributed by atoms with Crippen LogP contribution in [-0.2, 0) is 14.3 Å². The minimum Gasteiger partial charge on any atom is -0.466 e. The molecule has 0 saturated carbocycles. The Kier molecular flexibility index (Phi) is 6.94. The fraction of sp³-hybridized carbons (Fsp3) is 0.444. The van der Waals surface area contributed by atoms with Gasteiger partial charge in [-0.25, -0.2) is 0 Å². The second-order valence-corrected chi connectivity index (χ2v) is 9.14. The predicted molar refractivity (Wildman–Crippen MR) is 127 cm³/mol. The molecular weight excluding hydrogens is 416 g/mol. The van der Waals surface area contributed by atoms with Gasteiger partial charge < -0.3 is 15.0 Å². The molecule has 2 heterocycles. The van der Waals surface area contributed by atoms with Crippen molar-refractivity contribution >= 4 is 23.3 Å². The van der Waals surface area contributed by atoms with Crippen LogP contribution < -0.4 is 5.32 Å². The Balaban J connectivity index is 1.46. The zero-order valence-corrected chi connectivity index (χ0v) is 19.6. The van der Waals surface area contributed by atoms with Crippen LogP contribution in [-0.4, -0.2) is 48.8 Å². The minimum atomic E-state index is -0.696. The van der Waals surface area contributed by atoms with Gasteiger partial charge in [-0.3, -0.25) is 14.4 Å². The molecular formula is C27H32N2O4. The normalized spacial score (nSPS) is 23.1. The van der Waals surface area contributed by atoms with E-state index in [1.165, 1.54) is 16.7 Å². The van der Waals surface area contributed by atoms with Crippen molar-refractivity contribution in [3.63, 3.8) is 0 Å². The van der Waals surface area contributed by atoms with Crippen LogP contribution in [0.2, 0.25) is 0 Å². The van der Waals surface area contributed by atoms with Gasteiger partial charge in [0.2, 0.25) is 5.91 Å². The molecule has 1 fully saturated rings. The van der Waals surface area contributed by atoms with E-state index >= 15 is 0 Å². The Morgan fingerprint density at radius 1 is 1.12 bits per heavy atom. The topological polar surface area (TPSA) is 75.7 Å². The van der Waals surface area contributed by atoms with E-state index in [0.29, 0.717) is 37.4 Å². The number of benzene rings is 2. The Labute approximate surface area is 195 Å². The average Bonchev–Trinajstić information content (AvgIpc) is 2.81. The Morgan fingerprint density at radius 3 is 2.67 bits per heavy atom. The fourth-order valence-corrected chi connectivity index (χ4v) is 5.01. The van der Waals surface area contributed by atoms with Crippen molar-refractivity contribution in [3.8, 4) is 0 Å². The van der Waals surface area contributed by atoms with Gasteiger partial charge in [0.05, 0.1) is 18.2 Å². The Hall–Kier alpha value is -2.99. The molecule has 0 spiro atoms. The molecule has 4 rings (SSSR count). The minimum absolute atomic E-state index is 0.103. The molecule has 1 amide bonds. The highest BCUT2D eigenvalue weighted by Crippen LogP contribution is 2.35. The number of anilines is 1. The summed E-state index contributed by atoms with van der Waals surface area (Å²) >= 11 is 0. The highest BCUT2D eigenvalue weighted by Gasteiger charge is 2.38. The zero-order valence-electron chi connectivity index (χ0n) is 19.6. The van der Waals surface area contributed by atoms with Gasteiger partial charge in [-0.2, -0.15) is 0 Å². The number of carbonyl (C=O) groups excluding carboxylic acids is 3. The number of carbonyl (C=O) groups is 3. The maximum Gasteiger partial charge on any atom is 0.310 e. The molecule has 3 atom stereocenters. The number of ketones is 1. The third-order valence-corrected chi connectivity index (χ3v) is 7.06. The molecule has 1 saturated heterocycles. The van der Waals surface area contributed by atoms with Gasteiger partial charge in [0.15, 0.2) is 5.78 Å². The lowest BCUT2D eigenvalue weighted by Gasteiger charge is -2.38. The van der Waals surface area contributed by atoms with Crippen LogP contribution in [0.4, 0.5) is 5.69 Å². The van der Waals surface area contributed by atoms with Crippen molar-refractivity contribution in [3.05, 3.63) is 64.7 Å². The summed E-state index contributed by atoms with van der Waals surface area (Å²) in [4.78, 5) is 40.5. The van der Waals surface area contributed by atoms with E-state index in [1.54, 1.807) is 12.1 Å². The quantitative estimate of drug-likeness (QED) is 0.532. The van der Waals surface area contributed by atoms with Crippen LogP contribution in [0.3, 0.4) is 0 Å². The number of amides is 1. The number of Topliss-reactive ketones (excluding diaryl/α,β-unsaturated/α-hetero) is 1. The molecule has 6 nitrogen and oxygen atoms in total. The lowest BCUT2D eigenvalue weighted by Crippen LogP contribution is -2.45. The number of nitrogens with one attached hydrogen (secondary N) is 1. The van der Waals surface area contributed by atoms with Crippen molar-refractivity contribution in [2.24, 2.45) is 11.8 Å². The third kappa shape index (κ3) is 4.86. The van der Waals surface area contributed by atoms with Crippen molar-refractivity contribution in [1.29, 1.82) is 0 Å². The van der Waals surface area contributed by atoms with E-state index in [1.807, 2.05) is 19.1 Å². The van der Waals surface area contributed by atoms with Crippen LogP contribution in [0.15, 0.2) is 42.5 Å². The van der Waals surface area contributed by atoms with Gasteiger partial charge in [0, 0.05) is 12.1 Å². The number of esters is 1. The highest BCUT2D eigenvalue weighted by molar-refractivity contribution is 6.20. The molecule has 33 heavy (non-hydrogen) atoms. The number of para-hydroxylation sites is 1. The number of ether oxygens (including phenoxy) is 1. The zero-order chi connectivity index (χ0) is 23.5. The smallest absolute Gasteiger partial charge is 0.310 e. The molecule has 1 N–H and O–H groups in total. The predicted octanol–water partition coefficient (Wildman–Crippen LogP) is 4.11. The molecule has 2 aromatic rings. The lowest BCUT2D eigenvalue weighted by atomic mass is 9.79. The highest BCUT2D eigenvalue weighted by atomic mass is 16.5. The van der Waals surface area contributed by atoms with Gasteiger partial charge in [-0.05, 0) is 81.4 Å². The summed E-state index contributed by atoms with van der Waals surface area (Å²) in [5, 5.41) is 2.86. The molecule has 0 aromatic heterocycles. The van der Waals surface area contributed by atoms with E-state index in [9.17, 15) is 14.4 Å². The summed E-state index contributed by atoms with van der Waals surface area (Å²) in [6.07, 6.45) is 1.27. The molecule has 0 aliphatic carbocycles. The number of fused-ring (bicyclic) bond motifs is 1. The maximum atomic E-state index is 12.9. The van der Waals surface area contributed by atoms with E-state index < -0.39 is 5.92 Å². The van der Waals surface area contributed by atoms with Crippen LogP contribution >= 0.6 is 0 Å². The molecule has 174 valence electrons. The van der Waals surface area contributed by atoms with Crippen LogP contribution in [0.5, 0.6) is 0 Å². The average molecular weight is 449 g/mol. The molecule has 1 unspecified atom stereocenters. The van der Waals surface area contributed by atoms with Crippen LogP contribution in [0, 0.1) is 25.7 Å². The largest absolute Gasteiger partial charge is 0.466 e. The van der Waals surface area contributed by atoms with Gasteiger partial charge in [0.25, 0.3) is 0 Å². The van der Waals surface area contributed by atoms with E-state index in [2.05, 4.69) is 42.3 Å². The van der Waals surface area contributed by atoms with Crippen molar-refractivity contribution < 1.29 is 19.1 Å². The summed E-state index contributed by atoms with van der Waals surface area (Å²) in [6.45, 7) is 8.33. The SMILES string of the molecule is CCOC(=O)[C@H]1CN(CCC2C(=O)Nc3ccccc3C2=O)CC[C@H]1c1ccc(C)c(C)c1. The van der Waals surface area contributed by atoms with E-state index in [0.717, 1.165) is 13.0 Å². The lowest BCUT2D eigenvalue weighted by molar-refractivity contribution is -0.151. The fourth-order valence-electron chi connectivity index (χ4n) is 5.01. The molecule has 0 bridgehead atoms. The van der Waals surface area contributed by atoms with Gasteiger partial charge >= 0.3 is 5.97 Å². The molecule has 0 radical (unpaired) electrons. The summed E-state index contributed by atoms with van der Waals surface area (Å²) < 4.78 is 5.42. The number of nitrogens with zero attached hydrogens (tertiary/aromatic N) is 1. The van der Waals surface area contributed by atoms with E-state index in [4.69, 9.17) is 4.74 Å². The first-order valence-electron chi connectivity index (χ1n) is 11.8. The molecule has 2 aromatic carbocycles. The van der Waals surface area contributed by atoms with Crippen LogP contribution in [0.25, 0.3) is 0 Å². The van der Waals surface area contributed by atoms with Crippen molar-refractivity contribution in [1.82, 2.24) is 4.90 Å². The maximum absolute atomic E-state index is 12.9. The number of rotatable bonds is 6. The van der Waals surface area contributed by atoms with Crippen molar-refractivity contribution in [2.45, 2.75) is 39.5 Å². The summed E-state index contributed by atoms with van der Waals surface area (Å²) in [7, 11) is 0. The molecule has 6 heteroatoms. The van der Waals surface area contributed by atoms with E-state index in [-0.39, 0.29) is 29.5 Å². The Bertz CT molecular complexity index is 1060. The second-order valence-electron chi connectivity index (χ2n) is 9.14. The summed E-state index contributed by atoms with van der Waals surface area (Å²) in [5.74, 6) is -1.40. The number of hydrogen-bond donors (Lipinski definition) is 1.